The third kappa shape index (κ3) is 3.86. The third-order valence-electron chi connectivity index (χ3n) is 3.19. The minimum Gasteiger partial charge on any atom is -0.364 e. The molecule has 0 radical (unpaired) electrons. The fourth-order valence-electron chi connectivity index (χ4n) is 2.17. The van der Waals surface area contributed by atoms with Crippen LogP contribution in [0.3, 0.4) is 0 Å². The van der Waals surface area contributed by atoms with Gasteiger partial charge in [-0.25, -0.2) is 0 Å². The normalized spacial score (nSPS) is 27.1. The average molecular weight is 311 g/mol. The van der Waals surface area contributed by atoms with E-state index in [0.29, 0.717) is 5.25 Å². The summed E-state index contributed by atoms with van der Waals surface area (Å²) in [6.07, 6.45) is 0. The highest BCUT2D eigenvalue weighted by Gasteiger charge is 2.22. The van der Waals surface area contributed by atoms with Gasteiger partial charge in [0.25, 0.3) is 0 Å². The van der Waals surface area contributed by atoms with Gasteiger partial charge in [-0.15, -0.1) is 0 Å². The number of thioether (sulfide) groups is 3. The Morgan fingerprint density at radius 1 is 1.21 bits per heavy atom. The molecule has 0 saturated carbocycles. The zero-order chi connectivity index (χ0) is 12.9. The predicted molar refractivity (Wildman–Crippen MR) is 90.6 cm³/mol. The molecule has 0 aliphatic carbocycles. The standard InChI is InChI=1S/C14H18N2S3/c1-2-4-11(5-3-1)13-9-16-14(19-13)15-8-12-10-17-6-7-18-12/h1-5,12-13H,6-10H2,(H,15,16). The van der Waals surface area contributed by atoms with Crippen molar-refractivity contribution in [1.29, 1.82) is 0 Å². The number of aliphatic imine (C=N–C) groups is 1. The number of nitrogens with zero attached hydrogens (tertiary/aromatic N) is 1. The van der Waals surface area contributed by atoms with Crippen LogP contribution in [0.5, 0.6) is 0 Å². The molecule has 1 N–H and O–H groups in total. The van der Waals surface area contributed by atoms with E-state index < -0.39 is 0 Å². The fraction of sp³-hybridized carbons (Fsp3) is 0.500. The Morgan fingerprint density at radius 3 is 2.89 bits per heavy atom. The van der Waals surface area contributed by atoms with Crippen molar-refractivity contribution < 1.29 is 0 Å². The molecule has 0 spiro atoms. The Labute approximate surface area is 127 Å². The lowest BCUT2D eigenvalue weighted by molar-refractivity contribution is 0.863. The van der Waals surface area contributed by atoms with Crippen molar-refractivity contribution in [2.75, 3.05) is 30.3 Å². The fourth-order valence-corrected chi connectivity index (χ4v) is 5.81. The molecule has 102 valence electrons. The van der Waals surface area contributed by atoms with E-state index in [-0.39, 0.29) is 0 Å². The van der Waals surface area contributed by atoms with Crippen molar-refractivity contribution in [1.82, 2.24) is 5.32 Å². The van der Waals surface area contributed by atoms with Crippen molar-refractivity contribution in [2.45, 2.75) is 10.5 Å². The Kier molecular flexibility index (Phi) is 5.02. The van der Waals surface area contributed by atoms with E-state index >= 15 is 0 Å². The maximum absolute atomic E-state index is 4.63. The maximum atomic E-state index is 4.63. The molecule has 0 aromatic heterocycles. The van der Waals surface area contributed by atoms with Gasteiger partial charge in [0.1, 0.15) is 0 Å². The number of benzene rings is 1. The van der Waals surface area contributed by atoms with Crippen LogP contribution in [-0.2, 0) is 0 Å². The molecule has 2 heterocycles. The highest BCUT2D eigenvalue weighted by molar-refractivity contribution is 8.14. The van der Waals surface area contributed by atoms with Crippen molar-refractivity contribution in [3.05, 3.63) is 35.9 Å². The summed E-state index contributed by atoms with van der Waals surface area (Å²) in [6.45, 7) is 1.97. The summed E-state index contributed by atoms with van der Waals surface area (Å²) >= 11 is 6.05. The minimum absolute atomic E-state index is 0.497. The summed E-state index contributed by atoms with van der Waals surface area (Å²) < 4.78 is 0. The molecular weight excluding hydrogens is 292 g/mol. The van der Waals surface area contributed by atoms with E-state index in [4.69, 9.17) is 0 Å². The Morgan fingerprint density at radius 2 is 2.11 bits per heavy atom. The van der Waals surface area contributed by atoms with Crippen LogP contribution < -0.4 is 5.32 Å². The van der Waals surface area contributed by atoms with Gasteiger partial charge < -0.3 is 5.32 Å². The second-order valence-electron chi connectivity index (χ2n) is 4.61. The molecule has 0 bridgehead atoms. The zero-order valence-corrected chi connectivity index (χ0v) is 13.2. The summed E-state index contributed by atoms with van der Waals surface area (Å²) in [5.41, 5.74) is 1.38. The summed E-state index contributed by atoms with van der Waals surface area (Å²) in [5.74, 6) is 3.88. The molecule has 2 unspecified atom stereocenters. The number of hydrogen-bond acceptors (Lipinski definition) is 5. The molecule has 3 rings (SSSR count). The summed E-state index contributed by atoms with van der Waals surface area (Å²) in [7, 11) is 0. The third-order valence-corrected chi connectivity index (χ3v) is 7.24. The number of nitrogens with one attached hydrogen (secondary N) is 1. The van der Waals surface area contributed by atoms with Crippen molar-refractivity contribution >= 4 is 40.5 Å². The van der Waals surface area contributed by atoms with Crippen LogP contribution in [0.25, 0.3) is 0 Å². The summed E-state index contributed by atoms with van der Waals surface area (Å²) in [4.78, 5) is 4.63. The van der Waals surface area contributed by atoms with E-state index in [1.54, 1.807) is 0 Å². The largest absolute Gasteiger partial charge is 0.364 e. The van der Waals surface area contributed by atoms with Gasteiger partial charge in [0.05, 0.1) is 11.8 Å². The molecule has 1 saturated heterocycles. The van der Waals surface area contributed by atoms with Crippen molar-refractivity contribution in [3.63, 3.8) is 0 Å². The predicted octanol–water partition coefficient (Wildman–Crippen LogP) is 3.27. The lowest BCUT2D eigenvalue weighted by Crippen LogP contribution is -2.31. The van der Waals surface area contributed by atoms with Crippen molar-refractivity contribution in [3.8, 4) is 0 Å². The van der Waals surface area contributed by atoms with Crippen molar-refractivity contribution in [2.24, 2.45) is 4.99 Å². The van der Waals surface area contributed by atoms with Gasteiger partial charge in [0.15, 0.2) is 5.17 Å². The molecule has 2 aliphatic heterocycles. The first-order chi connectivity index (χ1) is 9.42. The van der Waals surface area contributed by atoms with E-state index in [9.17, 15) is 0 Å². The van der Waals surface area contributed by atoms with Gasteiger partial charge in [0.2, 0.25) is 0 Å². The second-order valence-corrected chi connectivity index (χ2v) is 8.36. The molecule has 2 atom stereocenters. The van der Waals surface area contributed by atoms with E-state index in [0.717, 1.165) is 23.5 Å². The van der Waals surface area contributed by atoms with Gasteiger partial charge in [-0.2, -0.15) is 23.5 Å². The smallest absolute Gasteiger partial charge is 0.157 e. The number of hydrogen-bond donors (Lipinski definition) is 1. The van der Waals surface area contributed by atoms with Crippen LogP contribution in [-0.4, -0.2) is 40.8 Å². The van der Waals surface area contributed by atoms with Gasteiger partial charge in [-0.3, -0.25) is 4.99 Å². The van der Waals surface area contributed by atoms with E-state index in [1.807, 2.05) is 11.8 Å². The van der Waals surface area contributed by atoms with Crippen LogP contribution in [0.4, 0.5) is 0 Å². The summed E-state index contributed by atoms with van der Waals surface area (Å²) in [6, 6.07) is 10.7. The lowest BCUT2D eigenvalue weighted by Gasteiger charge is -2.21. The van der Waals surface area contributed by atoms with Gasteiger partial charge >= 0.3 is 0 Å². The number of amidine groups is 1. The van der Waals surface area contributed by atoms with Crippen LogP contribution >= 0.6 is 35.3 Å². The number of rotatable bonds is 3. The molecule has 2 nitrogen and oxygen atoms in total. The first-order valence-corrected chi connectivity index (χ1v) is 9.69. The van der Waals surface area contributed by atoms with Crippen LogP contribution in [0, 0.1) is 0 Å². The summed E-state index contributed by atoms with van der Waals surface area (Å²) in [5, 5.41) is 5.90. The van der Waals surface area contributed by atoms with E-state index in [2.05, 4.69) is 64.2 Å². The molecule has 5 heteroatoms. The Hall–Kier alpha value is -0.260. The van der Waals surface area contributed by atoms with Gasteiger partial charge in [-0.05, 0) is 5.56 Å². The topological polar surface area (TPSA) is 24.4 Å². The molecule has 0 amide bonds. The quantitative estimate of drug-likeness (QED) is 0.926. The lowest BCUT2D eigenvalue weighted by atomic mass is 10.1. The Balaban J connectivity index is 1.46. The molecule has 19 heavy (non-hydrogen) atoms. The highest BCUT2D eigenvalue weighted by atomic mass is 32.2. The molecule has 1 aromatic carbocycles. The van der Waals surface area contributed by atoms with Crippen LogP contribution in [0.2, 0.25) is 0 Å². The monoisotopic (exact) mass is 310 g/mol. The molecule has 2 aliphatic rings. The first kappa shape index (κ1) is 13.7. The highest BCUT2D eigenvalue weighted by Crippen LogP contribution is 2.34. The van der Waals surface area contributed by atoms with Crippen LogP contribution in [0.1, 0.15) is 10.8 Å². The molecule has 1 aromatic rings. The second kappa shape index (κ2) is 6.95. The SMILES string of the molecule is c1ccc(C2CN=C(NCC3CSCCS3)S2)cc1. The maximum Gasteiger partial charge on any atom is 0.157 e. The van der Waals surface area contributed by atoms with Gasteiger partial charge in [0, 0.05) is 29.1 Å². The Bertz CT molecular complexity index is 430. The molecular formula is C14H18N2S3. The average Bonchev–Trinajstić information content (AvgIpc) is 2.96. The van der Waals surface area contributed by atoms with E-state index in [1.165, 1.54) is 22.8 Å². The first-order valence-electron chi connectivity index (χ1n) is 6.61. The van der Waals surface area contributed by atoms with Gasteiger partial charge in [-0.1, -0.05) is 42.1 Å². The zero-order valence-electron chi connectivity index (χ0n) is 10.7. The van der Waals surface area contributed by atoms with Crippen LogP contribution in [0.15, 0.2) is 35.3 Å². The molecule has 1 fully saturated rings. The minimum atomic E-state index is 0.497.